The highest BCUT2D eigenvalue weighted by Crippen LogP contribution is 2.19. The third-order valence-electron chi connectivity index (χ3n) is 3.77. The van der Waals surface area contributed by atoms with Crippen molar-refractivity contribution in [3.05, 3.63) is 97.9 Å². The van der Waals surface area contributed by atoms with Crippen LogP contribution in [0.2, 0.25) is 10.0 Å². The lowest BCUT2D eigenvalue weighted by molar-refractivity contribution is 0.0955. The van der Waals surface area contributed by atoms with Gasteiger partial charge in [0.1, 0.15) is 12.4 Å². The molecule has 4 nitrogen and oxygen atoms in total. The van der Waals surface area contributed by atoms with Gasteiger partial charge in [-0.2, -0.15) is 5.10 Å². The molecule has 0 aromatic heterocycles. The average molecular weight is 478 g/mol. The molecule has 0 aliphatic rings. The molecule has 1 N–H and O–H groups in total. The molecule has 0 bridgehead atoms. The van der Waals surface area contributed by atoms with E-state index in [1.807, 2.05) is 24.3 Å². The number of benzene rings is 3. The van der Waals surface area contributed by atoms with Crippen molar-refractivity contribution in [1.82, 2.24) is 5.43 Å². The third kappa shape index (κ3) is 5.83. The zero-order valence-corrected chi connectivity index (χ0v) is 17.6. The van der Waals surface area contributed by atoms with Crippen molar-refractivity contribution in [3.63, 3.8) is 0 Å². The van der Waals surface area contributed by atoms with Gasteiger partial charge in [-0.25, -0.2) is 5.43 Å². The standard InChI is InChI=1S/C21H15BrCl2N2O2/c22-17-6-1-14(2-7-17)13-28-19-9-4-15(5-10-19)21(27)26-25-12-16-3-8-18(23)11-20(16)24/h1-12H,13H2,(H,26,27)/b25-12+. The lowest BCUT2D eigenvalue weighted by Gasteiger charge is -2.07. The Balaban J connectivity index is 1.54. The van der Waals surface area contributed by atoms with Gasteiger partial charge in [0.25, 0.3) is 5.91 Å². The number of halogens is 3. The monoisotopic (exact) mass is 476 g/mol. The highest BCUT2D eigenvalue weighted by Gasteiger charge is 2.05. The molecular formula is C21H15BrCl2N2O2. The zero-order valence-electron chi connectivity index (χ0n) is 14.5. The minimum absolute atomic E-state index is 0.333. The van der Waals surface area contributed by atoms with Crippen molar-refractivity contribution in [2.75, 3.05) is 0 Å². The number of rotatable bonds is 6. The van der Waals surface area contributed by atoms with Crippen LogP contribution in [0.15, 0.2) is 76.3 Å². The van der Waals surface area contributed by atoms with Crippen LogP contribution in [0.1, 0.15) is 21.5 Å². The van der Waals surface area contributed by atoms with E-state index in [0.29, 0.717) is 33.5 Å². The maximum Gasteiger partial charge on any atom is 0.271 e. The second-order valence-corrected chi connectivity index (χ2v) is 7.56. The molecule has 142 valence electrons. The molecule has 1 amide bonds. The van der Waals surface area contributed by atoms with Gasteiger partial charge in [-0.05, 0) is 54.1 Å². The van der Waals surface area contributed by atoms with E-state index < -0.39 is 0 Å². The molecule has 0 aliphatic heterocycles. The number of hydrazone groups is 1. The number of carbonyl (C=O) groups is 1. The molecule has 0 atom stereocenters. The Bertz CT molecular complexity index is 990. The smallest absolute Gasteiger partial charge is 0.271 e. The number of ether oxygens (including phenoxy) is 1. The zero-order chi connectivity index (χ0) is 19.9. The van der Waals surface area contributed by atoms with Crippen molar-refractivity contribution in [1.29, 1.82) is 0 Å². The second kappa shape index (κ2) is 9.73. The summed E-state index contributed by atoms with van der Waals surface area (Å²) in [5.74, 6) is 0.344. The lowest BCUT2D eigenvalue weighted by atomic mass is 10.2. The molecule has 0 radical (unpaired) electrons. The van der Waals surface area contributed by atoms with Crippen LogP contribution in [0.25, 0.3) is 0 Å². The summed E-state index contributed by atoms with van der Waals surface area (Å²) >= 11 is 15.3. The molecule has 0 heterocycles. The van der Waals surface area contributed by atoms with Gasteiger partial charge in [0, 0.05) is 20.6 Å². The van der Waals surface area contributed by atoms with Crippen LogP contribution in [0.5, 0.6) is 5.75 Å². The normalized spacial score (nSPS) is 10.8. The first-order valence-corrected chi connectivity index (χ1v) is 9.82. The molecule has 0 fully saturated rings. The number of hydrogen-bond donors (Lipinski definition) is 1. The summed E-state index contributed by atoms with van der Waals surface area (Å²) in [5, 5.41) is 4.92. The van der Waals surface area contributed by atoms with Gasteiger partial charge in [0.15, 0.2) is 0 Å². The van der Waals surface area contributed by atoms with E-state index in [2.05, 4.69) is 26.5 Å². The molecule has 0 spiro atoms. The molecular weight excluding hydrogens is 463 g/mol. The minimum Gasteiger partial charge on any atom is -0.489 e. The fourth-order valence-corrected chi connectivity index (χ4v) is 3.00. The van der Waals surface area contributed by atoms with Gasteiger partial charge in [-0.1, -0.05) is 57.3 Å². The first kappa shape index (κ1) is 20.4. The minimum atomic E-state index is -0.333. The summed E-state index contributed by atoms with van der Waals surface area (Å²) in [6.45, 7) is 0.449. The highest BCUT2D eigenvalue weighted by atomic mass is 79.9. The molecule has 0 saturated carbocycles. The van der Waals surface area contributed by atoms with Gasteiger partial charge in [0.2, 0.25) is 0 Å². The van der Waals surface area contributed by atoms with Crippen molar-refractivity contribution in [2.24, 2.45) is 5.10 Å². The van der Waals surface area contributed by atoms with Gasteiger partial charge in [0.05, 0.1) is 11.2 Å². The summed E-state index contributed by atoms with van der Waals surface area (Å²) in [5.41, 5.74) is 4.64. The predicted molar refractivity (Wildman–Crippen MR) is 116 cm³/mol. The summed E-state index contributed by atoms with van der Waals surface area (Å²) in [6, 6.07) is 19.8. The molecule has 0 aliphatic carbocycles. The van der Waals surface area contributed by atoms with Crippen LogP contribution in [-0.4, -0.2) is 12.1 Å². The third-order valence-corrected chi connectivity index (χ3v) is 4.86. The topological polar surface area (TPSA) is 50.7 Å². The number of nitrogens with zero attached hydrogens (tertiary/aromatic N) is 1. The van der Waals surface area contributed by atoms with Gasteiger partial charge in [-0.15, -0.1) is 0 Å². The van der Waals surface area contributed by atoms with Gasteiger partial charge in [-0.3, -0.25) is 4.79 Å². The maximum atomic E-state index is 12.2. The molecule has 28 heavy (non-hydrogen) atoms. The Morgan fingerprint density at radius 1 is 1.04 bits per heavy atom. The van der Waals surface area contributed by atoms with Gasteiger partial charge >= 0.3 is 0 Å². The van der Waals surface area contributed by atoms with E-state index in [4.69, 9.17) is 27.9 Å². The molecule has 0 saturated heterocycles. The summed E-state index contributed by atoms with van der Waals surface area (Å²) in [6.07, 6.45) is 1.46. The summed E-state index contributed by atoms with van der Waals surface area (Å²) < 4.78 is 6.75. The van der Waals surface area contributed by atoms with E-state index in [1.165, 1.54) is 6.21 Å². The van der Waals surface area contributed by atoms with Crippen LogP contribution in [0.4, 0.5) is 0 Å². The first-order chi connectivity index (χ1) is 13.5. The number of nitrogens with one attached hydrogen (secondary N) is 1. The fourth-order valence-electron chi connectivity index (χ4n) is 2.28. The van der Waals surface area contributed by atoms with E-state index in [0.717, 1.165) is 10.0 Å². The Labute approximate surface area is 181 Å². The quantitative estimate of drug-likeness (QED) is 0.344. The van der Waals surface area contributed by atoms with Crippen LogP contribution in [-0.2, 0) is 6.61 Å². The van der Waals surface area contributed by atoms with E-state index in [9.17, 15) is 4.79 Å². The van der Waals surface area contributed by atoms with E-state index >= 15 is 0 Å². The van der Waals surface area contributed by atoms with Crippen LogP contribution < -0.4 is 10.2 Å². The number of hydrogen-bond acceptors (Lipinski definition) is 3. The van der Waals surface area contributed by atoms with E-state index in [1.54, 1.807) is 42.5 Å². The highest BCUT2D eigenvalue weighted by molar-refractivity contribution is 9.10. The maximum absolute atomic E-state index is 12.2. The SMILES string of the molecule is O=C(N/N=C/c1ccc(Cl)cc1Cl)c1ccc(OCc2ccc(Br)cc2)cc1. The van der Waals surface area contributed by atoms with Gasteiger partial charge < -0.3 is 4.74 Å². The predicted octanol–water partition coefficient (Wildman–Crippen LogP) is 6.10. The summed E-state index contributed by atoms with van der Waals surface area (Å²) in [4.78, 5) is 12.2. The second-order valence-electron chi connectivity index (χ2n) is 5.80. The molecule has 3 rings (SSSR count). The number of amides is 1. The van der Waals surface area contributed by atoms with Crippen molar-refractivity contribution in [2.45, 2.75) is 6.61 Å². The molecule has 3 aromatic carbocycles. The average Bonchev–Trinajstić information content (AvgIpc) is 2.69. The van der Waals surface area contributed by atoms with Crippen LogP contribution in [0, 0.1) is 0 Å². The van der Waals surface area contributed by atoms with Crippen LogP contribution >= 0.6 is 39.1 Å². The molecule has 0 unspecified atom stereocenters. The van der Waals surface area contributed by atoms with Crippen molar-refractivity contribution in [3.8, 4) is 5.75 Å². The first-order valence-electron chi connectivity index (χ1n) is 8.27. The number of carbonyl (C=O) groups excluding carboxylic acids is 1. The van der Waals surface area contributed by atoms with E-state index in [-0.39, 0.29) is 5.91 Å². The fraction of sp³-hybridized carbons (Fsp3) is 0.0476. The Hall–Kier alpha value is -2.34. The Morgan fingerprint density at radius 2 is 1.75 bits per heavy atom. The largest absolute Gasteiger partial charge is 0.489 e. The molecule has 3 aromatic rings. The summed E-state index contributed by atoms with van der Waals surface area (Å²) in [7, 11) is 0. The Morgan fingerprint density at radius 3 is 2.43 bits per heavy atom. The molecule has 7 heteroatoms. The lowest BCUT2D eigenvalue weighted by Crippen LogP contribution is -2.17. The van der Waals surface area contributed by atoms with Crippen LogP contribution in [0.3, 0.4) is 0 Å². The Kier molecular flexibility index (Phi) is 7.09. The van der Waals surface area contributed by atoms with Crippen molar-refractivity contribution < 1.29 is 9.53 Å². The van der Waals surface area contributed by atoms with Crippen molar-refractivity contribution >= 4 is 51.3 Å².